The van der Waals surface area contributed by atoms with Crippen LogP contribution in [0.3, 0.4) is 0 Å². The van der Waals surface area contributed by atoms with Gasteiger partial charge in [0.15, 0.2) is 0 Å². The molecule has 0 aromatic rings. The van der Waals surface area contributed by atoms with Crippen molar-refractivity contribution in [2.75, 3.05) is 72.6 Å². The highest BCUT2D eigenvalue weighted by Crippen LogP contribution is 2.03. The summed E-state index contributed by atoms with van der Waals surface area (Å²) in [5.74, 6) is -0.329. The minimum absolute atomic E-state index is 0.0475. The molecule has 0 heterocycles. The van der Waals surface area contributed by atoms with Crippen molar-refractivity contribution in [2.45, 2.75) is 33.0 Å². The molecule has 0 aliphatic carbocycles. The fraction of sp³-hybridized carbons (Fsp3) is 0.944. The van der Waals surface area contributed by atoms with E-state index in [1.165, 1.54) is 0 Å². The average molecular weight is 397 g/mol. The van der Waals surface area contributed by atoms with Crippen molar-refractivity contribution in [1.82, 2.24) is 5.32 Å². The highest BCUT2D eigenvalue weighted by atomic mass is 19.1. The largest absolute Gasteiger partial charge is 0.378 e. The normalized spacial score (nSPS) is 13.7. The Balaban J connectivity index is 3.35. The quantitative estimate of drug-likeness (QED) is 0.307. The van der Waals surface area contributed by atoms with E-state index in [2.05, 4.69) is 5.32 Å². The molecule has 0 bridgehead atoms. The van der Waals surface area contributed by atoms with Gasteiger partial charge in [0.05, 0.1) is 72.1 Å². The van der Waals surface area contributed by atoms with Gasteiger partial charge in [-0.3, -0.25) is 4.79 Å². The van der Waals surface area contributed by atoms with Crippen molar-refractivity contribution >= 4 is 5.91 Å². The summed E-state index contributed by atoms with van der Waals surface area (Å²) in [7, 11) is 0. The van der Waals surface area contributed by atoms with Crippen LogP contribution in [-0.2, 0) is 28.5 Å². The lowest BCUT2D eigenvalue weighted by Gasteiger charge is -2.18. The second kappa shape index (κ2) is 18.5. The van der Waals surface area contributed by atoms with Crippen LogP contribution < -0.4 is 11.1 Å². The topological polar surface area (TPSA) is 101 Å². The molecule has 162 valence electrons. The zero-order chi connectivity index (χ0) is 20.3. The molecule has 8 nitrogen and oxygen atoms in total. The third kappa shape index (κ3) is 17.0. The third-order valence-corrected chi connectivity index (χ3v) is 3.49. The molecule has 0 saturated carbocycles. The molecule has 0 aliphatic rings. The predicted octanol–water partition coefficient (Wildman–Crippen LogP) is 0.527. The Morgan fingerprint density at radius 2 is 1.30 bits per heavy atom. The van der Waals surface area contributed by atoms with E-state index in [4.69, 9.17) is 29.4 Å². The Labute approximate surface area is 162 Å². The standard InChI is InChI=1S/C18H37FN2O6/c1-15(2)18(22)21-14-17(19)16(3)27-13-12-26-11-10-25-9-8-24-7-6-23-5-4-20/h15-17H,4-14,20H2,1-3H3,(H,21,22). The second-order valence-electron chi connectivity index (χ2n) is 6.23. The summed E-state index contributed by atoms with van der Waals surface area (Å²) >= 11 is 0. The summed E-state index contributed by atoms with van der Waals surface area (Å²) in [6, 6.07) is 0. The molecule has 2 unspecified atom stereocenters. The first kappa shape index (κ1) is 26.2. The zero-order valence-electron chi connectivity index (χ0n) is 16.9. The van der Waals surface area contributed by atoms with Crippen LogP contribution in [0.5, 0.6) is 0 Å². The molecule has 9 heteroatoms. The minimum atomic E-state index is -1.25. The van der Waals surface area contributed by atoms with Crippen LogP contribution in [0.2, 0.25) is 0 Å². The number of hydrogen-bond donors (Lipinski definition) is 2. The number of carbonyl (C=O) groups excluding carboxylic acids is 1. The molecule has 0 aromatic heterocycles. The summed E-state index contributed by atoms with van der Waals surface area (Å²) in [5.41, 5.74) is 5.29. The Morgan fingerprint density at radius 1 is 0.852 bits per heavy atom. The number of hydrogen-bond acceptors (Lipinski definition) is 7. The number of alkyl halides is 1. The number of nitrogens with one attached hydrogen (secondary N) is 1. The molecule has 0 fully saturated rings. The smallest absolute Gasteiger partial charge is 0.222 e. The maximum absolute atomic E-state index is 13.9. The molecule has 0 aromatic carbocycles. The highest BCUT2D eigenvalue weighted by Gasteiger charge is 2.18. The summed E-state index contributed by atoms with van der Waals surface area (Å²) in [6.07, 6.45) is -1.86. The molecule has 3 N–H and O–H groups in total. The van der Waals surface area contributed by atoms with E-state index in [-0.39, 0.29) is 25.0 Å². The van der Waals surface area contributed by atoms with Gasteiger partial charge in [0.2, 0.25) is 5.91 Å². The van der Waals surface area contributed by atoms with Gasteiger partial charge in [-0.1, -0.05) is 13.8 Å². The van der Waals surface area contributed by atoms with Crippen LogP contribution in [-0.4, -0.2) is 90.7 Å². The van der Waals surface area contributed by atoms with E-state index in [1.807, 2.05) is 0 Å². The van der Waals surface area contributed by atoms with Crippen molar-refractivity contribution in [2.24, 2.45) is 11.7 Å². The molecular weight excluding hydrogens is 359 g/mol. The molecule has 0 radical (unpaired) electrons. The van der Waals surface area contributed by atoms with Crippen molar-refractivity contribution in [3.8, 4) is 0 Å². The van der Waals surface area contributed by atoms with E-state index >= 15 is 0 Å². The van der Waals surface area contributed by atoms with Crippen LogP contribution in [0, 0.1) is 5.92 Å². The molecular formula is C18H37FN2O6. The van der Waals surface area contributed by atoms with Gasteiger partial charge in [-0.05, 0) is 6.92 Å². The first-order valence-corrected chi connectivity index (χ1v) is 9.53. The molecule has 0 aliphatic heterocycles. The summed E-state index contributed by atoms with van der Waals surface area (Å²) in [5, 5.41) is 2.55. The van der Waals surface area contributed by atoms with Gasteiger partial charge in [0, 0.05) is 12.5 Å². The highest BCUT2D eigenvalue weighted by molar-refractivity contribution is 5.77. The number of rotatable bonds is 19. The average Bonchev–Trinajstić information content (AvgIpc) is 2.65. The van der Waals surface area contributed by atoms with Gasteiger partial charge < -0.3 is 34.7 Å². The lowest BCUT2D eigenvalue weighted by Crippen LogP contribution is -2.38. The Hall–Kier alpha value is -0.840. The summed E-state index contributed by atoms with van der Waals surface area (Å²) < 4.78 is 40.4. The molecule has 0 spiro atoms. The van der Waals surface area contributed by atoms with Gasteiger partial charge in [-0.25, -0.2) is 4.39 Å². The Kier molecular flexibility index (Phi) is 17.9. The van der Waals surface area contributed by atoms with Gasteiger partial charge in [0.1, 0.15) is 6.17 Å². The predicted molar refractivity (Wildman–Crippen MR) is 100 cm³/mol. The van der Waals surface area contributed by atoms with Crippen molar-refractivity contribution in [3.63, 3.8) is 0 Å². The molecule has 1 amide bonds. The monoisotopic (exact) mass is 396 g/mol. The lowest BCUT2D eigenvalue weighted by molar-refractivity contribution is -0.124. The number of nitrogens with two attached hydrogens (primary N) is 1. The fourth-order valence-corrected chi connectivity index (χ4v) is 1.81. The van der Waals surface area contributed by atoms with Gasteiger partial charge in [-0.15, -0.1) is 0 Å². The van der Waals surface area contributed by atoms with E-state index in [0.717, 1.165) is 0 Å². The maximum atomic E-state index is 13.9. The van der Waals surface area contributed by atoms with Crippen molar-refractivity contribution < 1.29 is 32.9 Å². The molecule has 0 rings (SSSR count). The molecule has 27 heavy (non-hydrogen) atoms. The van der Waals surface area contributed by atoms with Crippen LogP contribution >= 0.6 is 0 Å². The van der Waals surface area contributed by atoms with Crippen molar-refractivity contribution in [3.05, 3.63) is 0 Å². The third-order valence-electron chi connectivity index (χ3n) is 3.49. The van der Waals surface area contributed by atoms with Crippen LogP contribution in [0.25, 0.3) is 0 Å². The maximum Gasteiger partial charge on any atom is 0.222 e. The van der Waals surface area contributed by atoms with Crippen LogP contribution in [0.1, 0.15) is 20.8 Å². The first-order chi connectivity index (χ1) is 13.0. The molecule has 2 atom stereocenters. The van der Waals surface area contributed by atoms with Crippen LogP contribution in [0.15, 0.2) is 0 Å². The first-order valence-electron chi connectivity index (χ1n) is 9.53. The van der Waals surface area contributed by atoms with Gasteiger partial charge in [-0.2, -0.15) is 0 Å². The van der Waals surface area contributed by atoms with Crippen LogP contribution in [0.4, 0.5) is 4.39 Å². The Morgan fingerprint density at radius 3 is 1.74 bits per heavy atom. The van der Waals surface area contributed by atoms with E-state index in [1.54, 1.807) is 20.8 Å². The van der Waals surface area contributed by atoms with Gasteiger partial charge in [0.25, 0.3) is 0 Å². The lowest BCUT2D eigenvalue weighted by atomic mass is 10.2. The molecule has 0 saturated heterocycles. The minimum Gasteiger partial charge on any atom is -0.378 e. The van der Waals surface area contributed by atoms with E-state index in [0.29, 0.717) is 59.4 Å². The Bertz CT molecular complexity index is 350. The SMILES string of the molecule is CC(C)C(=O)NCC(F)C(C)OCCOCCOCCOCCOCCN. The number of amides is 1. The summed E-state index contributed by atoms with van der Waals surface area (Å²) in [6.45, 7) is 9.72. The fourth-order valence-electron chi connectivity index (χ4n) is 1.81. The second-order valence-corrected chi connectivity index (χ2v) is 6.23. The van der Waals surface area contributed by atoms with Gasteiger partial charge >= 0.3 is 0 Å². The van der Waals surface area contributed by atoms with Crippen molar-refractivity contribution in [1.29, 1.82) is 0 Å². The number of halogens is 1. The summed E-state index contributed by atoms with van der Waals surface area (Å²) in [4.78, 5) is 11.4. The number of carbonyl (C=O) groups is 1. The number of ether oxygens (including phenoxy) is 5. The zero-order valence-corrected chi connectivity index (χ0v) is 16.9. The van der Waals surface area contributed by atoms with E-state index in [9.17, 15) is 9.18 Å². The van der Waals surface area contributed by atoms with E-state index < -0.39 is 12.3 Å².